The van der Waals surface area contributed by atoms with Gasteiger partial charge in [0.25, 0.3) is 5.91 Å². The Morgan fingerprint density at radius 2 is 1.58 bits per heavy atom. The number of tetrazole rings is 1. The van der Waals surface area contributed by atoms with Gasteiger partial charge < -0.3 is 24.2 Å². The molecule has 0 unspecified atom stereocenters. The lowest BCUT2D eigenvalue weighted by Crippen LogP contribution is -2.57. The predicted octanol–water partition coefficient (Wildman–Crippen LogP) is 3.66. The van der Waals surface area contributed by atoms with Crippen LogP contribution in [0.5, 0.6) is 5.75 Å². The number of aromatic nitrogens is 4. The summed E-state index contributed by atoms with van der Waals surface area (Å²) >= 11 is 0. The summed E-state index contributed by atoms with van der Waals surface area (Å²) in [5.74, 6) is 0.385. The van der Waals surface area contributed by atoms with Gasteiger partial charge in [-0.05, 0) is 85.6 Å². The molecule has 0 N–H and O–H groups in total. The van der Waals surface area contributed by atoms with Crippen molar-refractivity contribution in [1.29, 1.82) is 0 Å². The zero-order chi connectivity index (χ0) is 37.2. The minimum atomic E-state index is -0.595. The molecule has 3 aromatic carbocycles. The van der Waals surface area contributed by atoms with E-state index >= 15 is 0 Å². The fourth-order valence-electron chi connectivity index (χ4n) is 7.67. The number of carbonyl (C=O) groups is 3. The molecule has 1 atom stereocenters. The molecule has 6 rings (SSSR count). The first-order valence-corrected chi connectivity index (χ1v) is 18.5. The molecule has 0 aliphatic carbocycles. The molecule has 13 nitrogen and oxygen atoms in total. The van der Waals surface area contributed by atoms with Crippen LogP contribution in [-0.2, 0) is 19.7 Å². The Morgan fingerprint density at radius 1 is 0.887 bits per heavy atom. The Balaban J connectivity index is 1.11. The number of likely N-dealkylation sites (tertiary alicyclic amines) is 1. The number of likely N-dealkylation sites (N-methyl/N-ethyl adjacent to an activating group) is 1. The number of esters is 1. The Hall–Kier alpha value is -5.14. The van der Waals surface area contributed by atoms with E-state index in [0.29, 0.717) is 56.3 Å². The molecule has 2 fully saturated rings. The molecule has 1 aromatic heterocycles. The molecule has 0 spiro atoms. The molecule has 2 aliphatic heterocycles. The average Bonchev–Trinajstić information content (AvgIpc) is 3.75. The number of rotatable bonds is 14. The summed E-state index contributed by atoms with van der Waals surface area (Å²) in [6.45, 7) is 7.86. The SMILES string of the molecule is CCOC(=O)CN1CCN(C(=O)C2(c3ccccc3)CCN(CC[C@H](CN(C)C(=O)c3cc(-n4cnnn4)ccc3OC)c3ccccc3)CC2)CC1. The first-order valence-electron chi connectivity index (χ1n) is 18.5. The van der Waals surface area contributed by atoms with Crippen LogP contribution in [-0.4, -0.2) is 137 Å². The Labute approximate surface area is 311 Å². The molecule has 53 heavy (non-hydrogen) atoms. The maximum atomic E-state index is 14.4. The highest BCUT2D eigenvalue weighted by Gasteiger charge is 2.45. The summed E-state index contributed by atoms with van der Waals surface area (Å²) in [7, 11) is 3.39. The van der Waals surface area contributed by atoms with Gasteiger partial charge in [0, 0.05) is 45.7 Å². The van der Waals surface area contributed by atoms with E-state index in [4.69, 9.17) is 9.47 Å². The number of nitrogens with zero attached hydrogens (tertiary/aromatic N) is 8. The van der Waals surface area contributed by atoms with Crippen LogP contribution >= 0.6 is 0 Å². The van der Waals surface area contributed by atoms with Crippen LogP contribution in [0.25, 0.3) is 5.69 Å². The van der Waals surface area contributed by atoms with Gasteiger partial charge in [-0.15, -0.1) is 5.10 Å². The lowest BCUT2D eigenvalue weighted by molar-refractivity contribution is -0.146. The number of benzene rings is 3. The van der Waals surface area contributed by atoms with E-state index in [1.165, 1.54) is 16.6 Å². The molecule has 3 heterocycles. The molecule has 2 aliphatic rings. The normalized spacial score (nSPS) is 16.8. The summed E-state index contributed by atoms with van der Waals surface area (Å²) < 4.78 is 12.2. The van der Waals surface area contributed by atoms with Crippen LogP contribution in [0.3, 0.4) is 0 Å². The fraction of sp³-hybridized carbons (Fsp3) is 0.450. The van der Waals surface area contributed by atoms with Gasteiger partial charge in [-0.2, -0.15) is 0 Å². The van der Waals surface area contributed by atoms with Crippen LogP contribution in [0, 0.1) is 0 Å². The van der Waals surface area contributed by atoms with Crippen molar-refractivity contribution in [2.75, 3.05) is 79.7 Å². The maximum absolute atomic E-state index is 14.4. The summed E-state index contributed by atoms with van der Waals surface area (Å²) in [5, 5.41) is 11.4. The summed E-state index contributed by atoms with van der Waals surface area (Å²) in [5.41, 5.74) is 2.75. The van der Waals surface area contributed by atoms with E-state index in [0.717, 1.165) is 44.5 Å². The fourth-order valence-corrected chi connectivity index (χ4v) is 7.67. The number of amides is 2. The molecule has 0 saturated carbocycles. The van der Waals surface area contributed by atoms with E-state index < -0.39 is 5.41 Å². The number of piperazine rings is 1. The van der Waals surface area contributed by atoms with Crippen LogP contribution in [0.2, 0.25) is 0 Å². The zero-order valence-electron chi connectivity index (χ0n) is 31.0. The van der Waals surface area contributed by atoms with Gasteiger partial charge in [-0.1, -0.05) is 60.7 Å². The topological polar surface area (TPSA) is 126 Å². The van der Waals surface area contributed by atoms with Crippen molar-refractivity contribution >= 4 is 17.8 Å². The van der Waals surface area contributed by atoms with Crippen LogP contribution < -0.4 is 4.74 Å². The second kappa shape index (κ2) is 17.6. The van der Waals surface area contributed by atoms with Gasteiger partial charge in [0.15, 0.2) is 0 Å². The quantitative estimate of drug-likeness (QED) is 0.178. The third-order valence-corrected chi connectivity index (χ3v) is 10.7. The van der Waals surface area contributed by atoms with E-state index in [1.54, 1.807) is 24.1 Å². The van der Waals surface area contributed by atoms with E-state index in [-0.39, 0.29) is 30.2 Å². The van der Waals surface area contributed by atoms with Crippen LogP contribution in [0.1, 0.15) is 53.6 Å². The summed E-state index contributed by atoms with van der Waals surface area (Å²) in [6.07, 6.45) is 3.79. The van der Waals surface area contributed by atoms with E-state index in [1.807, 2.05) is 61.3 Å². The Kier molecular flexibility index (Phi) is 12.5. The lowest BCUT2D eigenvalue weighted by Gasteiger charge is -2.45. The highest BCUT2D eigenvalue weighted by molar-refractivity contribution is 5.97. The van der Waals surface area contributed by atoms with Gasteiger partial charge in [0.2, 0.25) is 5.91 Å². The minimum absolute atomic E-state index is 0.0900. The summed E-state index contributed by atoms with van der Waals surface area (Å²) in [6, 6.07) is 25.9. The van der Waals surface area contributed by atoms with E-state index in [2.05, 4.69) is 49.6 Å². The minimum Gasteiger partial charge on any atom is -0.496 e. The molecule has 2 amide bonds. The monoisotopic (exact) mass is 722 g/mol. The molecule has 2 saturated heterocycles. The zero-order valence-corrected chi connectivity index (χ0v) is 31.0. The van der Waals surface area contributed by atoms with Crippen molar-refractivity contribution in [3.63, 3.8) is 0 Å². The number of hydrogen-bond acceptors (Lipinski definition) is 10. The third kappa shape index (κ3) is 8.91. The molecular formula is C40H50N8O5. The lowest BCUT2D eigenvalue weighted by atomic mass is 9.71. The van der Waals surface area contributed by atoms with Crippen molar-refractivity contribution in [2.24, 2.45) is 0 Å². The van der Waals surface area contributed by atoms with Gasteiger partial charge in [0.1, 0.15) is 12.1 Å². The van der Waals surface area contributed by atoms with E-state index in [9.17, 15) is 14.4 Å². The number of methoxy groups -OCH3 is 1. The largest absolute Gasteiger partial charge is 0.496 e. The second-order valence-corrected chi connectivity index (χ2v) is 13.9. The van der Waals surface area contributed by atoms with Crippen molar-refractivity contribution in [1.82, 2.24) is 39.8 Å². The maximum Gasteiger partial charge on any atom is 0.320 e. The van der Waals surface area contributed by atoms with Crippen molar-refractivity contribution in [2.45, 2.75) is 37.5 Å². The van der Waals surface area contributed by atoms with Crippen molar-refractivity contribution in [3.05, 3.63) is 102 Å². The van der Waals surface area contributed by atoms with Gasteiger partial charge in [-0.25, -0.2) is 4.68 Å². The standard InChI is InChI=1S/C40H50N8O5/c1-4-53-37(49)29-46-23-25-47(26-24-46)39(51)40(33-13-9-6-10-14-33)18-21-45(22-19-40)20-17-32(31-11-7-5-8-12-31)28-44(2)38(50)35-27-34(15-16-36(35)52-3)48-30-41-42-43-48/h5-16,27,30,32H,4,17-26,28-29H2,1-3H3/t32-/m1/s1. The number of ether oxygens (including phenoxy) is 2. The first-order chi connectivity index (χ1) is 25.8. The summed E-state index contributed by atoms with van der Waals surface area (Å²) in [4.78, 5) is 48.7. The second-order valence-electron chi connectivity index (χ2n) is 13.9. The van der Waals surface area contributed by atoms with Crippen LogP contribution in [0.4, 0.5) is 0 Å². The smallest absolute Gasteiger partial charge is 0.320 e. The van der Waals surface area contributed by atoms with Crippen LogP contribution in [0.15, 0.2) is 85.2 Å². The molecule has 0 bridgehead atoms. The molecule has 280 valence electrons. The molecule has 0 radical (unpaired) electrons. The van der Waals surface area contributed by atoms with Gasteiger partial charge in [0.05, 0.1) is 36.9 Å². The third-order valence-electron chi connectivity index (χ3n) is 10.7. The van der Waals surface area contributed by atoms with Crippen molar-refractivity contribution < 1.29 is 23.9 Å². The number of piperidine rings is 1. The van der Waals surface area contributed by atoms with Gasteiger partial charge in [-0.3, -0.25) is 19.3 Å². The van der Waals surface area contributed by atoms with Crippen molar-refractivity contribution in [3.8, 4) is 11.4 Å². The van der Waals surface area contributed by atoms with Gasteiger partial charge >= 0.3 is 5.97 Å². The first kappa shape index (κ1) is 37.6. The molecular weight excluding hydrogens is 672 g/mol. The number of hydrogen-bond donors (Lipinski definition) is 0. The predicted molar refractivity (Wildman–Crippen MR) is 200 cm³/mol. The Morgan fingerprint density at radius 3 is 2.23 bits per heavy atom. The highest BCUT2D eigenvalue weighted by atomic mass is 16.5. The highest BCUT2D eigenvalue weighted by Crippen LogP contribution is 2.38. The molecule has 13 heteroatoms. The average molecular weight is 723 g/mol. The molecule has 4 aromatic rings. The number of carbonyl (C=O) groups excluding carboxylic acids is 3. The Bertz CT molecular complexity index is 1790.